The second-order valence-corrected chi connectivity index (χ2v) is 4.36. The summed E-state index contributed by atoms with van der Waals surface area (Å²) in [5.74, 6) is -1.06. The summed E-state index contributed by atoms with van der Waals surface area (Å²) >= 11 is 0. The Kier molecular flexibility index (Phi) is 3.35. The minimum Gasteiger partial charge on any atom is -0.480 e. The first kappa shape index (κ1) is 12.3. The van der Waals surface area contributed by atoms with Gasteiger partial charge < -0.3 is 16.2 Å². The average molecular weight is 246 g/mol. The van der Waals surface area contributed by atoms with E-state index in [9.17, 15) is 13.2 Å². The van der Waals surface area contributed by atoms with Gasteiger partial charge in [-0.05, 0) is 18.2 Å². The van der Waals surface area contributed by atoms with Gasteiger partial charge in [-0.1, -0.05) is 0 Å². The van der Waals surface area contributed by atoms with Crippen molar-refractivity contribution in [3.05, 3.63) is 18.2 Å². The van der Waals surface area contributed by atoms with Gasteiger partial charge in [-0.15, -0.1) is 0 Å². The van der Waals surface area contributed by atoms with Gasteiger partial charge in [-0.3, -0.25) is 9.35 Å². The Morgan fingerprint density at radius 1 is 1.44 bits per heavy atom. The van der Waals surface area contributed by atoms with Crippen molar-refractivity contribution in [2.75, 3.05) is 17.6 Å². The van der Waals surface area contributed by atoms with E-state index < -0.39 is 21.0 Å². The van der Waals surface area contributed by atoms with E-state index in [4.69, 9.17) is 15.4 Å². The third-order valence-electron chi connectivity index (χ3n) is 1.73. The predicted molar refractivity (Wildman–Crippen MR) is 56.8 cm³/mol. The highest BCUT2D eigenvalue weighted by Gasteiger charge is 2.13. The van der Waals surface area contributed by atoms with Crippen LogP contribution in [-0.2, 0) is 14.9 Å². The maximum atomic E-state index is 10.8. The molecule has 0 amide bonds. The smallest absolute Gasteiger partial charge is 0.322 e. The summed E-state index contributed by atoms with van der Waals surface area (Å²) in [6.07, 6.45) is 0. The molecule has 8 heteroatoms. The molecule has 0 radical (unpaired) electrons. The fourth-order valence-corrected chi connectivity index (χ4v) is 1.67. The number of rotatable bonds is 4. The number of nitrogens with one attached hydrogen (secondary N) is 1. The van der Waals surface area contributed by atoms with Crippen LogP contribution in [0.2, 0.25) is 0 Å². The van der Waals surface area contributed by atoms with E-state index in [-0.39, 0.29) is 12.2 Å². The molecule has 16 heavy (non-hydrogen) atoms. The zero-order valence-corrected chi connectivity index (χ0v) is 8.86. The molecule has 0 aromatic heterocycles. The molecule has 0 atom stereocenters. The topological polar surface area (TPSA) is 130 Å². The molecular weight excluding hydrogens is 236 g/mol. The lowest BCUT2D eigenvalue weighted by Gasteiger charge is -2.06. The second kappa shape index (κ2) is 4.37. The fraction of sp³-hybridized carbons (Fsp3) is 0.125. The molecule has 0 spiro atoms. The highest BCUT2D eigenvalue weighted by molar-refractivity contribution is 7.86. The van der Waals surface area contributed by atoms with Gasteiger partial charge in [0, 0.05) is 5.69 Å². The van der Waals surface area contributed by atoms with Crippen molar-refractivity contribution >= 4 is 27.5 Å². The number of nitrogen functional groups attached to an aromatic ring is 1. The van der Waals surface area contributed by atoms with Gasteiger partial charge in [0.15, 0.2) is 0 Å². The molecular formula is C8H10N2O5S. The first-order chi connectivity index (χ1) is 7.30. The van der Waals surface area contributed by atoms with Gasteiger partial charge in [0.1, 0.15) is 11.4 Å². The van der Waals surface area contributed by atoms with E-state index in [2.05, 4.69) is 5.32 Å². The summed E-state index contributed by atoms with van der Waals surface area (Å²) in [4.78, 5) is 9.85. The maximum absolute atomic E-state index is 10.8. The Hall–Kier alpha value is -1.80. The van der Waals surface area contributed by atoms with Crippen LogP contribution in [0.15, 0.2) is 23.1 Å². The molecule has 5 N–H and O–H groups in total. The van der Waals surface area contributed by atoms with Crippen LogP contribution in [0, 0.1) is 0 Å². The Morgan fingerprint density at radius 2 is 2.06 bits per heavy atom. The zero-order valence-electron chi connectivity index (χ0n) is 8.04. The van der Waals surface area contributed by atoms with Crippen molar-refractivity contribution in [3.63, 3.8) is 0 Å². The van der Waals surface area contributed by atoms with Crippen molar-refractivity contribution in [3.8, 4) is 0 Å². The molecule has 0 heterocycles. The van der Waals surface area contributed by atoms with Crippen LogP contribution in [0.4, 0.5) is 11.4 Å². The lowest BCUT2D eigenvalue weighted by molar-refractivity contribution is -0.134. The minimum atomic E-state index is -4.35. The average Bonchev–Trinajstić information content (AvgIpc) is 2.12. The van der Waals surface area contributed by atoms with Gasteiger partial charge in [0.05, 0.1) is 5.69 Å². The van der Waals surface area contributed by atoms with Crippen LogP contribution in [-0.4, -0.2) is 30.6 Å². The van der Waals surface area contributed by atoms with Crippen molar-refractivity contribution in [1.29, 1.82) is 0 Å². The van der Waals surface area contributed by atoms with E-state index in [1.807, 2.05) is 0 Å². The number of aliphatic carboxylic acids is 1. The van der Waals surface area contributed by atoms with Crippen molar-refractivity contribution in [1.82, 2.24) is 0 Å². The monoisotopic (exact) mass is 246 g/mol. The molecule has 0 aliphatic heterocycles. The third-order valence-corrected chi connectivity index (χ3v) is 2.66. The zero-order chi connectivity index (χ0) is 12.3. The SMILES string of the molecule is Nc1cc(NCC(=O)O)ccc1S(=O)(=O)O. The normalized spacial score (nSPS) is 11.1. The Morgan fingerprint density at radius 3 is 2.50 bits per heavy atom. The van der Waals surface area contributed by atoms with E-state index in [1.165, 1.54) is 12.1 Å². The van der Waals surface area contributed by atoms with Gasteiger partial charge in [0.2, 0.25) is 0 Å². The van der Waals surface area contributed by atoms with Gasteiger partial charge in [-0.2, -0.15) is 8.42 Å². The number of nitrogens with two attached hydrogens (primary N) is 1. The van der Waals surface area contributed by atoms with Crippen LogP contribution < -0.4 is 11.1 Å². The van der Waals surface area contributed by atoms with Gasteiger partial charge in [-0.25, -0.2) is 0 Å². The first-order valence-corrected chi connectivity index (χ1v) is 5.57. The van der Waals surface area contributed by atoms with Gasteiger partial charge in [0.25, 0.3) is 10.1 Å². The molecule has 0 fully saturated rings. The van der Waals surface area contributed by atoms with E-state index in [0.717, 1.165) is 6.07 Å². The number of carboxylic acids is 1. The number of carboxylic acid groups (broad SMARTS) is 1. The Labute approximate surface area is 91.6 Å². The number of anilines is 2. The molecule has 0 saturated carbocycles. The molecule has 0 aliphatic rings. The maximum Gasteiger partial charge on any atom is 0.322 e. The van der Waals surface area contributed by atoms with Crippen LogP contribution >= 0.6 is 0 Å². The number of hydrogen-bond donors (Lipinski definition) is 4. The first-order valence-electron chi connectivity index (χ1n) is 4.13. The summed E-state index contributed by atoms with van der Waals surface area (Å²) < 4.78 is 30.3. The Balaban J connectivity index is 2.96. The highest BCUT2D eigenvalue weighted by atomic mass is 32.2. The quantitative estimate of drug-likeness (QED) is 0.435. The largest absolute Gasteiger partial charge is 0.480 e. The lowest BCUT2D eigenvalue weighted by atomic mass is 10.3. The van der Waals surface area contributed by atoms with E-state index in [1.54, 1.807) is 0 Å². The molecule has 0 aliphatic carbocycles. The van der Waals surface area contributed by atoms with E-state index >= 15 is 0 Å². The lowest BCUT2D eigenvalue weighted by Crippen LogP contribution is -2.12. The van der Waals surface area contributed by atoms with Gasteiger partial charge >= 0.3 is 5.97 Å². The van der Waals surface area contributed by atoms with Crippen molar-refractivity contribution in [2.24, 2.45) is 0 Å². The van der Waals surface area contributed by atoms with Crippen LogP contribution in [0.25, 0.3) is 0 Å². The van der Waals surface area contributed by atoms with Crippen molar-refractivity contribution < 1.29 is 22.9 Å². The number of hydrogen-bond acceptors (Lipinski definition) is 5. The second-order valence-electron chi connectivity index (χ2n) is 2.97. The predicted octanol–water partition coefficient (Wildman–Crippen LogP) is 0.0120. The van der Waals surface area contributed by atoms with Crippen LogP contribution in [0.1, 0.15) is 0 Å². The summed E-state index contributed by atoms with van der Waals surface area (Å²) in [6, 6.07) is 3.63. The standard InChI is InChI=1S/C8H10N2O5S/c9-6-3-5(10-4-8(11)12)1-2-7(6)16(13,14)15/h1-3,10H,4,9H2,(H,11,12)(H,13,14,15). The fourth-order valence-electron chi connectivity index (χ4n) is 1.07. The van der Waals surface area contributed by atoms with E-state index in [0.29, 0.717) is 5.69 Å². The third kappa shape index (κ3) is 3.11. The molecule has 0 saturated heterocycles. The van der Waals surface area contributed by atoms with Crippen LogP contribution in [0.5, 0.6) is 0 Å². The molecule has 1 aromatic carbocycles. The summed E-state index contributed by atoms with van der Waals surface area (Å²) in [7, 11) is -4.35. The summed E-state index contributed by atoms with van der Waals surface area (Å²) in [5, 5.41) is 10.9. The Bertz CT molecular complexity index is 511. The van der Waals surface area contributed by atoms with Crippen LogP contribution in [0.3, 0.4) is 0 Å². The summed E-state index contributed by atoms with van der Waals surface area (Å²) in [5.41, 5.74) is 5.59. The number of carbonyl (C=O) groups is 1. The molecule has 0 bridgehead atoms. The minimum absolute atomic E-state index is 0.155. The molecule has 1 aromatic rings. The molecule has 0 unspecified atom stereocenters. The molecule has 1 rings (SSSR count). The number of benzene rings is 1. The molecule has 88 valence electrons. The van der Waals surface area contributed by atoms with Crippen molar-refractivity contribution in [2.45, 2.75) is 4.90 Å². The highest BCUT2D eigenvalue weighted by Crippen LogP contribution is 2.21. The molecule has 7 nitrogen and oxygen atoms in total. The summed E-state index contributed by atoms with van der Waals surface area (Å²) in [6.45, 7) is -0.315.